The predicted molar refractivity (Wildman–Crippen MR) is 56.9 cm³/mol. The number of hydrogen-bond acceptors (Lipinski definition) is 2. The number of hydrogen-bond donors (Lipinski definition) is 0. The maximum absolute atomic E-state index is 12.9. The van der Waals surface area contributed by atoms with Crippen LogP contribution >= 0.6 is 0 Å². The number of ether oxygens (including phenoxy) is 2. The third-order valence-corrected chi connectivity index (χ3v) is 2.71. The maximum Gasteiger partial charge on any atom is 0.462 e. The van der Waals surface area contributed by atoms with E-state index in [9.17, 15) is 61.5 Å². The van der Waals surface area contributed by atoms with Crippen molar-refractivity contribution in [2.75, 3.05) is 0 Å². The highest BCUT2D eigenvalue weighted by molar-refractivity contribution is 6.16. The molecule has 0 N–H and O–H groups in total. The van der Waals surface area contributed by atoms with Gasteiger partial charge in [0.2, 0.25) is 0 Å². The van der Waals surface area contributed by atoms with Crippen LogP contribution in [-0.2, 0) is 9.47 Å². The lowest BCUT2D eigenvalue weighted by Crippen LogP contribution is -2.57. The minimum absolute atomic E-state index is 0.271. The van der Waals surface area contributed by atoms with E-state index in [0.717, 1.165) is 0 Å². The molecule has 0 aromatic carbocycles. The third-order valence-electron chi connectivity index (χ3n) is 2.32. The Labute approximate surface area is 137 Å². The summed E-state index contributed by atoms with van der Waals surface area (Å²) in [5.41, 5.74) is 0.439. The zero-order chi connectivity index (χ0) is 21.4. The van der Waals surface area contributed by atoms with Gasteiger partial charge in [0.1, 0.15) is 0 Å². The monoisotopic (exact) mass is 440 g/mol. The van der Waals surface area contributed by atoms with Crippen LogP contribution in [0.2, 0.25) is 0 Å². The third kappa shape index (κ3) is 4.79. The topological polar surface area (TPSA) is 18.5 Å². The van der Waals surface area contributed by atoms with Gasteiger partial charge in [-0.3, -0.25) is 9.47 Å². The van der Waals surface area contributed by atoms with Gasteiger partial charge in [-0.25, -0.2) is 0 Å². The van der Waals surface area contributed by atoms with Crippen molar-refractivity contribution in [1.82, 2.24) is 0 Å². The molecule has 0 unspecified atom stereocenters. The zero-order valence-electron chi connectivity index (χ0n) is 11.8. The zero-order valence-corrected chi connectivity index (χ0v) is 13.8. The Balaban J connectivity index is 5.72. The molecule has 156 valence electrons. The van der Waals surface area contributed by atoms with E-state index in [0.29, 0.717) is 5.70 Å². The highest BCUT2D eigenvalue weighted by Gasteiger charge is 2.77. The fourth-order valence-corrected chi connectivity index (χ4v) is 1.34. The molecule has 0 rings (SSSR count). The molecule has 0 saturated carbocycles. The molecule has 0 amide bonds. The fraction of sp³-hybridized carbons (Fsp3) is 0.778. The van der Waals surface area contributed by atoms with Gasteiger partial charge in [0.05, 0.1) is 0 Å². The van der Waals surface area contributed by atoms with Crippen molar-refractivity contribution in [3.8, 4) is 0 Å². The predicted octanol–water partition coefficient (Wildman–Crippen LogP) is 3.81. The van der Waals surface area contributed by atoms with E-state index >= 15 is 0 Å². The van der Waals surface area contributed by atoms with Crippen LogP contribution in [-0.4, -0.2) is 52.9 Å². The van der Waals surface area contributed by atoms with Crippen LogP contribution in [0.1, 0.15) is 0 Å². The van der Waals surface area contributed by atoms with Crippen LogP contribution < -0.4 is 0 Å². The van der Waals surface area contributed by atoms with Gasteiger partial charge in [-0.15, -0.1) is 5.70 Å². The van der Waals surface area contributed by atoms with Crippen molar-refractivity contribution in [3.05, 3.63) is 11.8 Å². The Kier molecular flexibility index (Phi) is 6.83. The molecule has 0 aliphatic heterocycles. The first-order valence-electron chi connectivity index (χ1n) is 5.77. The summed E-state index contributed by atoms with van der Waals surface area (Å²) in [6.45, 7) is 0. The van der Waals surface area contributed by atoms with Gasteiger partial charge in [0, 0.05) is 10.2 Å². The van der Waals surface area contributed by atoms with E-state index < -0.39 is 42.7 Å². The fourth-order valence-electron chi connectivity index (χ4n) is 1.03. The molecule has 0 radical (unpaired) electrons. The Morgan fingerprint density at radius 2 is 0.846 bits per heavy atom. The van der Waals surface area contributed by atoms with E-state index in [1.54, 1.807) is 0 Å². The maximum atomic E-state index is 12.9. The summed E-state index contributed by atoms with van der Waals surface area (Å²) < 4.78 is 179. The summed E-state index contributed by atoms with van der Waals surface area (Å²) in [4.78, 5) is 0. The Morgan fingerprint density at radius 3 is 1.04 bits per heavy atom. The van der Waals surface area contributed by atoms with Crippen molar-refractivity contribution in [3.63, 3.8) is 0 Å². The standard InChI is InChI=1S/C9H6F14O2Si/c10-4(11,6(14,15)16)8(20,21)24-3(1-2-26)25-9(22,23)5(12,13)7(17,18)19/h1-3H,26H3. The molecular formula is C9H6F14O2Si. The lowest BCUT2D eigenvalue weighted by atomic mass is 10.3. The van der Waals surface area contributed by atoms with Crippen molar-refractivity contribution in [2.24, 2.45) is 0 Å². The normalized spacial score (nSPS) is 16.1. The van der Waals surface area contributed by atoms with Crippen molar-refractivity contribution < 1.29 is 70.9 Å². The van der Waals surface area contributed by atoms with E-state index in [4.69, 9.17) is 0 Å². The summed E-state index contributed by atoms with van der Waals surface area (Å²) in [7, 11) is -0.319. The lowest BCUT2D eigenvalue weighted by molar-refractivity contribution is -0.480. The van der Waals surface area contributed by atoms with Gasteiger partial charge < -0.3 is 0 Å². The highest BCUT2D eigenvalue weighted by atomic mass is 28.1. The second kappa shape index (κ2) is 7.14. The first-order chi connectivity index (χ1) is 11.1. The smallest absolute Gasteiger partial charge is 0.281 e. The quantitative estimate of drug-likeness (QED) is 0.341. The Morgan fingerprint density at radius 1 is 0.577 bits per heavy atom. The molecule has 26 heavy (non-hydrogen) atoms. The van der Waals surface area contributed by atoms with Gasteiger partial charge in [-0.1, -0.05) is 0 Å². The molecule has 0 aliphatic rings. The summed E-state index contributed by atoms with van der Waals surface area (Å²) in [5.74, 6) is -14.0. The molecule has 0 heterocycles. The molecule has 0 atom stereocenters. The minimum atomic E-state index is -7.01. The molecule has 0 bridgehead atoms. The van der Waals surface area contributed by atoms with E-state index in [1.165, 1.54) is 0 Å². The molecule has 17 heteroatoms. The molecule has 0 saturated heterocycles. The first-order valence-corrected chi connectivity index (χ1v) is 6.92. The molecule has 0 spiro atoms. The summed E-state index contributed by atoms with van der Waals surface area (Å²) >= 11 is 0. The second-order valence-electron chi connectivity index (χ2n) is 4.31. The molecule has 0 aromatic rings. The molecular weight excluding hydrogens is 434 g/mol. The first kappa shape index (κ1) is 24.9. The largest absolute Gasteiger partial charge is 0.462 e. The molecule has 0 aromatic heterocycles. The van der Waals surface area contributed by atoms with Crippen LogP contribution in [0, 0.1) is 0 Å². The van der Waals surface area contributed by atoms with E-state index in [1.807, 2.05) is 0 Å². The lowest BCUT2D eigenvalue weighted by Gasteiger charge is -2.33. The highest BCUT2D eigenvalue weighted by Crippen LogP contribution is 2.50. The van der Waals surface area contributed by atoms with Crippen molar-refractivity contribution >= 4 is 10.2 Å². The van der Waals surface area contributed by atoms with Gasteiger partial charge in [0.25, 0.3) is 0 Å². The van der Waals surface area contributed by atoms with Gasteiger partial charge >= 0.3 is 36.4 Å². The van der Waals surface area contributed by atoms with Crippen molar-refractivity contribution in [2.45, 2.75) is 42.7 Å². The van der Waals surface area contributed by atoms with Crippen LogP contribution in [0.3, 0.4) is 0 Å². The van der Waals surface area contributed by atoms with Crippen LogP contribution in [0.15, 0.2) is 11.8 Å². The summed E-state index contributed by atoms with van der Waals surface area (Å²) in [6.07, 6.45) is -31.3. The number of halogens is 14. The molecule has 0 aliphatic carbocycles. The van der Waals surface area contributed by atoms with Gasteiger partial charge in [-0.2, -0.15) is 61.5 Å². The Hall–Kier alpha value is -1.10. The van der Waals surface area contributed by atoms with Crippen LogP contribution in [0.5, 0.6) is 0 Å². The molecule has 0 fully saturated rings. The average Bonchev–Trinajstić information content (AvgIpc) is 2.34. The second-order valence-corrected chi connectivity index (χ2v) is 4.97. The summed E-state index contributed by atoms with van der Waals surface area (Å²) in [6, 6.07) is 0. The van der Waals surface area contributed by atoms with Crippen LogP contribution in [0.4, 0.5) is 61.5 Å². The van der Waals surface area contributed by atoms with Crippen molar-refractivity contribution in [1.29, 1.82) is 0 Å². The SMILES string of the molecule is FC(F)(F)C(F)(F)C(F)(F)OC(C=C[SiH3])OC(F)(F)C(F)(F)C(F)(F)F. The van der Waals surface area contributed by atoms with E-state index in [-0.39, 0.29) is 16.3 Å². The minimum Gasteiger partial charge on any atom is -0.281 e. The van der Waals surface area contributed by atoms with Gasteiger partial charge in [-0.05, 0) is 6.08 Å². The van der Waals surface area contributed by atoms with Crippen LogP contribution in [0.25, 0.3) is 0 Å². The van der Waals surface area contributed by atoms with Gasteiger partial charge in [0.15, 0.2) is 6.29 Å². The Bertz CT molecular complexity index is 468. The average molecular weight is 440 g/mol. The number of rotatable bonds is 7. The molecule has 2 nitrogen and oxygen atoms in total. The number of alkyl halides is 14. The van der Waals surface area contributed by atoms with E-state index in [2.05, 4.69) is 9.47 Å². The summed E-state index contributed by atoms with van der Waals surface area (Å²) in [5, 5.41) is 0.